The van der Waals surface area contributed by atoms with Crippen molar-refractivity contribution in [3.63, 3.8) is 0 Å². The van der Waals surface area contributed by atoms with Crippen molar-refractivity contribution in [2.75, 3.05) is 12.8 Å². The molecule has 0 saturated carbocycles. The van der Waals surface area contributed by atoms with E-state index in [1.165, 1.54) is 0 Å². The van der Waals surface area contributed by atoms with E-state index in [2.05, 4.69) is 0 Å². The summed E-state index contributed by atoms with van der Waals surface area (Å²) in [4.78, 5) is 0. The average molecular weight is 228 g/mol. The first-order valence-electron chi connectivity index (χ1n) is 5.12. The number of halogens is 2. The Morgan fingerprint density at radius 1 is 1.21 bits per heavy atom. The number of rotatable bonds is 4. The molecule has 0 N–H and O–H groups in total. The molecule has 0 amide bonds. The SMILES string of the molecule is CCOP(F)(F)(CC(C)C)C(C)(C)C. The molecule has 0 aliphatic rings. The molecule has 0 aromatic rings. The number of hydrogen-bond acceptors (Lipinski definition) is 1. The molecular weight excluding hydrogens is 205 g/mol. The fraction of sp³-hybridized carbons (Fsp3) is 1.00. The van der Waals surface area contributed by atoms with E-state index < -0.39 is 12.6 Å². The second-order valence-electron chi connectivity index (χ2n) is 5.15. The Bertz CT molecular complexity index is 197. The second-order valence-corrected chi connectivity index (χ2v) is 9.10. The summed E-state index contributed by atoms with van der Waals surface area (Å²) in [7, 11) is -4.99. The van der Waals surface area contributed by atoms with Crippen LogP contribution in [0.5, 0.6) is 0 Å². The Morgan fingerprint density at radius 3 is 1.86 bits per heavy atom. The van der Waals surface area contributed by atoms with Crippen molar-refractivity contribution in [3.8, 4) is 0 Å². The van der Waals surface area contributed by atoms with Gasteiger partial charge in [-0.2, -0.15) is 0 Å². The average Bonchev–Trinajstić information content (AvgIpc) is 1.80. The first-order valence-corrected chi connectivity index (χ1v) is 7.24. The van der Waals surface area contributed by atoms with Crippen LogP contribution in [0.25, 0.3) is 0 Å². The predicted molar refractivity (Wildman–Crippen MR) is 60.2 cm³/mol. The van der Waals surface area contributed by atoms with E-state index in [9.17, 15) is 8.39 Å². The quantitative estimate of drug-likeness (QED) is 0.633. The van der Waals surface area contributed by atoms with Gasteiger partial charge in [0.25, 0.3) is 0 Å². The predicted octanol–water partition coefficient (Wildman–Crippen LogP) is 4.71. The van der Waals surface area contributed by atoms with Gasteiger partial charge in [0, 0.05) is 0 Å². The van der Waals surface area contributed by atoms with Crippen LogP contribution in [0.3, 0.4) is 0 Å². The summed E-state index contributed by atoms with van der Waals surface area (Å²) in [6, 6.07) is 0. The third kappa shape index (κ3) is 2.87. The van der Waals surface area contributed by atoms with Crippen LogP contribution in [0, 0.1) is 5.92 Å². The van der Waals surface area contributed by atoms with Gasteiger partial charge in [-0.15, -0.1) is 0 Å². The Hall–Kier alpha value is 0.250. The molecule has 0 unspecified atom stereocenters. The molecule has 88 valence electrons. The summed E-state index contributed by atoms with van der Waals surface area (Å²) in [5, 5.41) is -1.05. The van der Waals surface area contributed by atoms with Gasteiger partial charge in [0.1, 0.15) is 0 Å². The fourth-order valence-electron chi connectivity index (χ4n) is 1.38. The minimum absolute atomic E-state index is 0.0339. The first kappa shape index (κ1) is 14.2. The third-order valence-electron chi connectivity index (χ3n) is 2.31. The molecular formula is C10H23F2OP. The van der Waals surface area contributed by atoms with Crippen LogP contribution in [-0.2, 0) is 4.52 Å². The molecule has 0 aromatic heterocycles. The summed E-state index contributed by atoms with van der Waals surface area (Å²) in [6.07, 6.45) is -0.108. The zero-order valence-corrected chi connectivity index (χ0v) is 11.0. The monoisotopic (exact) mass is 228 g/mol. The first-order chi connectivity index (χ1) is 6.02. The zero-order valence-electron chi connectivity index (χ0n) is 10.1. The van der Waals surface area contributed by atoms with Crippen molar-refractivity contribution in [2.24, 2.45) is 5.92 Å². The molecule has 0 rings (SSSR count). The molecule has 0 spiro atoms. The van der Waals surface area contributed by atoms with Crippen LogP contribution in [0.2, 0.25) is 0 Å². The molecule has 1 nitrogen and oxygen atoms in total. The van der Waals surface area contributed by atoms with E-state index >= 15 is 0 Å². The van der Waals surface area contributed by atoms with Crippen LogP contribution in [-0.4, -0.2) is 17.9 Å². The Morgan fingerprint density at radius 2 is 1.64 bits per heavy atom. The molecule has 4 heteroatoms. The molecule has 14 heavy (non-hydrogen) atoms. The van der Waals surface area contributed by atoms with E-state index in [-0.39, 0.29) is 18.7 Å². The standard InChI is InChI=1S/C10H23F2OP/c1-7-13-14(11,12,8-9(2)3)10(4,5)6/h9H,7-8H2,1-6H3. The van der Waals surface area contributed by atoms with Gasteiger partial charge in [-0.05, 0) is 0 Å². The van der Waals surface area contributed by atoms with Crippen molar-refractivity contribution in [3.05, 3.63) is 0 Å². The maximum absolute atomic E-state index is 14.5. The number of hydrogen-bond donors (Lipinski definition) is 0. The summed E-state index contributed by atoms with van der Waals surface area (Å²) in [5.41, 5.74) is 0. The molecule has 0 fully saturated rings. The molecule has 0 aliphatic heterocycles. The van der Waals surface area contributed by atoms with Gasteiger partial charge >= 0.3 is 85.8 Å². The third-order valence-corrected chi connectivity index (χ3v) is 6.92. The van der Waals surface area contributed by atoms with Crippen LogP contribution < -0.4 is 0 Å². The van der Waals surface area contributed by atoms with Crippen LogP contribution in [0.4, 0.5) is 8.39 Å². The topological polar surface area (TPSA) is 9.23 Å². The molecule has 0 heterocycles. The van der Waals surface area contributed by atoms with E-state index in [1.807, 2.05) is 13.8 Å². The van der Waals surface area contributed by atoms with Crippen LogP contribution in [0.1, 0.15) is 41.5 Å². The van der Waals surface area contributed by atoms with Crippen LogP contribution >= 0.6 is 7.45 Å². The molecule has 0 radical (unpaired) electrons. The molecule has 0 aliphatic carbocycles. The molecule has 0 aromatic carbocycles. The van der Waals surface area contributed by atoms with Gasteiger partial charge < -0.3 is 0 Å². The van der Waals surface area contributed by atoms with E-state index in [1.54, 1.807) is 27.7 Å². The van der Waals surface area contributed by atoms with Gasteiger partial charge in [0.2, 0.25) is 0 Å². The van der Waals surface area contributed by atoms with Gasteiger partial charge in [-0.3, -0.25) is 0 Å². The molecule has 0 saturated heterocycles. The minimum atomic E-state index is -4.99. The van der Waals surface area contributed by atoms with E-state index in [0.717, 1.165) is 0 Å². The van der Waals surface area contributed by atoms with E-state index in [4.69, 9.17) is 4.52 Å². The van der Waals surface area contributed by atoms with Gasteiger partial charge in [0.05, 0.1) is 0 Å². The van der Waals surface area contributed by atoms with Crippen molar-refractivity contribution in [1.82, 2.24) is 0 Å². The summed E-state index contributed by atoms with van der Waals surface area (Å²) >= 11 is 0. The van der Waals surface area contributed by atoms with Crippen molar-refractivity contribution < 1.29 is 12.9 Å². The van der Waals surface area contributed by atoms with Gasteiger partial charge in [0.15, 0.2) is 0 Å². The molecule has 0 atom stereocenters. The van der Waals surface area contributed by atoms with Crippen LogP contribution in [0.15, 0.2) is 0 Å². The zero-order chi connectivity index (χ0) is 11.6. The summed E-state index contributed by atoms with van der Waals surface area (Å²) < 4.78 is 33.8. The maximum atomic E-state index is 14.5. The fourth-order valence-corrected chi connectivity index (χ4v) is 4.14. The Balaban J connectivity index is 5.03. The van der Waals surface area contributed by atoms with E-state index in [0.29, 0.717) is 0 Å². The summed E-state index contributed by atoms with van der Waals surface area (Å²) in [5.74, 6) is -0.0339. The molecule has 0 bridgehead atoms. The van der Waals surface area contributed by atoms with Crippen molar-refractivity contribution in [2.45, 2.75) is 46.7 Å². The van der Waals surface area contributed by atoms with Crippen molar-refractivity contribution in [1.29, 1.82) is 0 Å². The van der Waals surface area contributed by atoms with Crippen molar-refractivity contribution >= 4 is 7.45 Å². The Labute approximate surface area is 86.5 Å². The Kier molecular flexibility index (Phi) is 4.09. The normalized spacial score (nSPS) is 16.8. The second kappa shape index (κ2) is 4.02. The summed E-state index contributed by atoms with van der Waals surface area (Å²) in [6.45, 7) is 10.1. The van der Waals surface area contributed by atoms with Gasteiger partial charge in [-0.1, -0.05) is 0 Å². The van der Waals surface area contributed by atoms with Gasteiger partial charge in [-0.25, -0.2) is 0 Å².